The standard InChI is InChI=1S/C31H32N8O3S/c1-20-10-12-24(13-11-20)43(40,41)39-16-6-9-23(19-39)35-31-33-15-14-25(36-31)28-27(22-17-26(42-2)29(32)34-18-22)37-30(38-28)21-7-4-3-5-8-21/h3-5,7-8,10-15,17-18,23H,6,9,16,19H2,1-2H3,(H2,32,34)(H,37,38)(H,33,35,36)/t23-/m0/s1. The van der Waals surface area contributed by atoms with E-state index in [0.29, 0.717) is 52.6 Å². The fourth-order valence-corrected chi connectivity index (χ4v) is 6.66. The van der Waals surface area contributed by atoms with Crippen LogP contribution in [0.1, 0.15) is 18.4 Å². The minimum Gasteiger partial charge on any atom is -0.493 e. The molecule has 1 aliphatic rings. The Morgan fingerprint density at radius 1 is 1.02 bits per heavy atom. The van der Waals surface area contributed by atoms with Crippen molar-refractivity contribution in [2.45, 2.75) is 30.7 Å². The van der Waals surface area contributed by atoms with Crippen LogP contribution >= 0.6 is 0 Å². The average molecular weight is 597 g/mol. The van der Waals surface area contributed by atoms with Crippen LogP contribution in [0.4, 0.5) is 11.8 Å². The van der Waals surface area contributed by atoms with Gasteiger partial charge in [-0.15, -0.1) is 0 Å². The summed E-state index contributed by atoms with van der Waals surface area (Å²) in [6, 6.07) is 20.2. The topological polar surface area (TPSA) is 152 Å². The SMILES string of the molecule is COc1cc(-c2[nH]c(-c3ccccc3)nc2-c2ccnc(N[C@H]3CCCN(S(=O)(=O)c4ccc(C)cc4)C3)n2)cnc1N. The van der Waals surface area contributed by atoms with Crippen LogP contribution in [-0.2, 0) is 10.0 Å². The summed E-state index contributed by atoms with van der Waals surface area (Å²) in [5.41, 5.74) is 10.5. The molecular formula is C31H32N8O3S. The van der Waals surface area contributed by atoms with Crippen LogP contribution in [0, 0.1) is 6.92 Å². The Balaban J connectivity index is 1.30. The molecule has 0 unspecified atom stereocenters. The Hall–Kier alpha value is -4.81. The van der Waals surface area contributed by atoms with E-state index in [2.05, 4.69) is 20.3 Å². The number of ether oxygens (including phenoxy) is 1. The number of imidazole rings is 1. The van der Waals surface area contributed by atoms with Gasteiger partial charge in [-0.05, 0) is 44.0 Å². The predicted octanol–water partition coefficient (Wildman–Crippen LogP) is 4.76. The van der Waals surface area contributed by atoms with E-state index in [1.165, 1.54) is 4.31 Å². The van der Waals surface area contributed by atoms with E-state index in [4.69, 9.17) is 20.4 Å². The number of sulfonamides is 1. The van der Waals surface area contributed by atoms with Crippen molar-refractivity contribution in [3.8, 4) is 39.8 Å². The number of rotatable bonds is 8. The van der Waals surface area contributed by atoms with Crippen molar-refractivity contribution in [2.75, 3.05) is 31.2 Å². The van der Waals surface area contributed by atoms with Crippen molar-refractivity contribution in [3.05, 3.63) is 84.7 Å². The first kappa shape index (κ1) is 28.3. The smallest absolute Gasteiger partial charge is 0.243 e. The number of benzene rings is 2. The third-order valence-corrected chi connectivity index (χ3v) is 9.30. The van der Waals surface area contributed by atoms with Crippen molar-refractivity contribution in [1.82, 2.24) is 29.2 Å². The molecule has 1 saturated heterocycles. The van der Waals surface area contributed by atoms with E-state index in [0.717, 1.165) is 29.5 Å². The minimum atomic E-state index is -3.61. The number of nitrogens with zero attached hydrogens (tertiary/aromatic N) is 5. The van der Waals surface area contributed by atoms with Crippen molar-refractivity contribution in [1.29, 1.82) is 0 Å². The molecule has 1 aliphatic heterocycles. The van der Waals surface area contributed by atoms with E-state index in [-0.39, 0.29) is 11.9 Å². The second-order valence-corrected chi connectivity index (χ2v) is 12.3. The maximum atomic E-state index is 13.3. The molecule has 0 spiro atoms. The van der Waals surface area contributed by atoms with E-state index in [9.17, 15) is 8.42 Å². The molecule has 4 heterocycles. The van der Waals surface area contributed by atoms with E-state index >= 15 is 0 Å². The van der Waals surface area contributed by atoms with Gasteiger partial charge in [-0.2, -0.15) is 4.31 Å². The molecule has 6 rings (SSSR count). The van der Waals surface area contributed by atoms with E-state index in [1.807, 2.05) is 49.4 Å². The zero-order valence-electron chi connectivity index (χ0n) is 23.9. The molecule has 2 aromatic carbocycles. The molecule has 0 aliphatic carbocycles. The molecule has 1 fully saturated rings. The molecular weight excluding hydrogens is 564 g/mol. The summed E-state index contributed by atoms with van der Waals surface area (Å²) in [5, 5.41) is 3.36. The lowest BCUT2D eigenvalue weighted by Gasteiger charge is -2.32. The van der Waals surface area contributed by atoms with Gasteiger partial charge in [-0.1, -0.05) is 48.0 Å². The monoisotopic (exact) mass is 596 g/mol. The van der Waals surface area contributed by atoms with Crippen LogP contribution in [0.2, 0.25) is 0 Å². The first-order valence-corrected chi connectivity index (χ1v) is 15.4. The average Bonchev–Trinajstić information content (AvgIpc) is 3.48. The molecule has 0 bridgehead atoms. The second kappa shape index (κ2) is 11.8. The summed E-state index contributed by atoms with van der Waals surface area (Å²) in [6.07, 6.45) is 4.83. The number of H-pyrrole nitrogens is 1. The lowest BCUT2D eigenvalue weighted by Crippen LogP contribution is -2.45. The van der Waals surface area contributed by atoms with Gasteiger partial charge in [0.05, 0.1) is 23.4 Å². The largest absolute Gasteiger partial charge is 0.493 e. The molecule has 43 heavy (non-hydrogen) atoms. The summed E-state index contributed by atoms with van der Waals surface area (Å²) in [5.74, 6) is 1.79. The Labute approximate surface area is 250 Å². The number of aromatic amines is 1. The molecule has 5 aromatic rings. The third-order valence-electron chi connectivity index (χ3n) is 7.42. The molecule has 0 radical (unpaired) electrons. The fourth-order valence-electron chi connectivity index (χ4n) is 5.14. The Bertz CT molecular complexity index is 1840. The second-order valence-electron chi connectivity index (χ2n) is 10.4. The summed E-state index contributed by atoms with van der Waals surface area (Å²) >= 11 is 0. The quantitative estimate of drug-likeness (QED) is 0.230. The predicted molar refractivity (Wildman–Crippen MR) is 166 cm³/mol. The van der Waals surface area contributed by atoms with Crippen molar-refractivity contribution in [3.63, 3.8) is 0 Å². The highest BCUT2D eigenvalue weighted by molar-refractivity contribution is 7.89. The van der Waals surface area contributed by atoms with Crippen LogP contribution in [-0.4, -0.2) is 63.9 Å². The Morgan fingerprint density at radius 3 is 2.58 bits per heavy atom. The van der Waals surface area contributed by atoms with Gasteiger partial charge in [-0.25, -0.2) is 28.4 Å². The van der Waals surface area contributed by atoms with Crippen LogP contribution in [0.5, 0.6) is 5.75 Å². The van der Waals surface area contributed by atoms with Gasteiger partial charge in [0.25, 0.3) is 0 Å². The number of anilines is 2. The number of methoxy groups -OCH3 is 1. The van der Waals surface area contributed by atoms with Gasteiger partial charge >= 0.3 is 0 Å². The summed E-state index contributed by atoms with van der Waals surface area (Å²) in [6.45, 7) is 2.71. The van der Waals surface area contributed by atoms with Crippen molar-refractivity contribution < 1.29 is 13.2 Å². The number of pyridine rings is 1. The zero-order chi connectivity index (χ0) is 30.0. The molecule has 0 amide bonds. The lowest BCUT2D eigenvalue weighted by molar-refractivity contribution is 0.326. The van der Waals surface area contributed by atoms with Gasteiger partial charge < -0.3 is 20.8 Å². The van der Waals surface area contributed by atoms with Gasteiger partial charge in [0, 0.05) is 42.7 Å². The maximum Gasteiger partial charge on any atom is 0.243 e. The van der Waals surface area contributed by atoms with Crippen molar-refractivity contribution in [2.24, 2.45) is 0 Å². The lowest BCUT2D eigenvalue weighted by atomic mass is 10.1. The van der Waals surface area contributed by atoms with E-state index < -0.39 is 10.0 Å². The van der Waals surface area contributed by atoms with Gasteiger partial charge in [0.1, 0.15) is 11.5 Å². The number of aryl methyl sites for hydroxylation is 1. The van der Waals surface area contributed by atoms with Crippen LogP contribution in [0.3, 0.4) is 0 Å². The maximum absolute atomic E-state index is 13.3. The van der Waals surface area contributed by atoms with Crippen molar-refractivity contribution >= 4 is 21.8 Å². The first-order chi connectivity index (χ1) is 20.8. The third kappa shape index (κ3) is 5.92. The Morgan fingerprint density at radius 2 is 1.81 bits per heavy atom. The first-order valence-electron chi connectivity index (χ1n) is 13.9. The van der Waals surface area contributed by atoms with Gasteiger partial charge in [-0.3, -0.25) is 0 Å². The molecule has 220 valence electrons. The van der Waals surface area contributed by atoms with Gasteiger partial charge in [0.2, 0.25) is 16.0 Å². The number of nitrogen functional groups attached to an aromatic ring is 1. The number of hydrogen-bond acceptors (Lipinski definition) is 9. The number of piperidine rings is 1. The molecule has 12 heteroatoms. The van der Waals surface area contributed by atoms with Crippen LogP contribution in [0.15, 0.2) is 84.0 Å². The fraction of sp³-hybridized carbons (Fsp3) is 0.226. The van der Waals surface area contributed by atoms with E-state index in [1.54, 1.807) is 43.8 Å². The Kier molecular flexibility index (Phi) is 7.78. The highest BCUT2D eigenvalue weighted by atomic mass is 32.2. The number of nitrogens with two attached hydrogens (primary N) is 1. The molecule has 11 nitrogen and oxygen atoms in total. The highest BCUT2D eigenvalue weighted by Crippen LogP contribution is 2.35. The molecule has 1 atom stereocenters. The normalized spacial score (nSPS) is 15.7. The molecule has 0 saturated carbocycles. The summed E-state index contributed by atoms with van der Waals surface area (Å²) in [7, 11) is -2.07. The van der Waals surface area contributed by atoms with Gasteiger partial charge in [0.15, 0.2) is 11.6 Å². The number of hydrogen-bond donors (Lipinski definition) is 3. The zero-order valence-corrected chi connectivity index (χ0v) is 24.7. The highest BCUT2D eigenvalue weighted by Gasteiger charge is 2.30. The summed E-state index contributed by atoms with van der Waals surface area (Å²) in [4.78, 5) is 22.2. The minimum absolute atomic E-state index is 0.159. The van der Waals surface area contributed by atoms with Crippen LogP contribution < -0.4 is 15.8 Å². The molecule has 4 N–H and O–H groups in total. The summed E-state index contributed by atoms with van der Waals surface area (Å²) < 4.78 is 33.6. The molecule has 3 aromatic heterocycles. The van der Waals surface area contributed by atoms with Crippen LogP contribution in [0.25, 0.3) is 34.0 Å². The number of nitrogens with one attached hydrogen (secondary N) is 2. The number of aromatic nitrogens is 5.